The molecule has 0 atom stereocenters. The predicted molar refractivity (Wildman–Crippen MR) is 79.5 cm³/mol. The molecule has 0 N–H and O–H groups in total. The Bertz CT molecular complexity index is 626. The molecule has 18 heavy (non-hydrogen) atoms. The number of para-hydroxylation sites is 1. The molecule has 94 valence electrons. The first-order chi connectivity index (χ1) is 8.50. The minimum atomic E-state index is 0.719. The maximum atomic E-state index is 6.49. The first-order valence-corrected chi connectivity index (χ1v) is 6.63. The maximum Gasteiger partial charge on any atom is 0.0749 e. The third-order valence-corrected chi connectivity index (χ3v) is 3.63. The smallest absolute Gasteiger partial charge is 0.0749 e. The number of fused-ring (bicyclic) bond motifs is 1. The van der Waals surface area contributed by atoms with Gasteiger partial charge in [0.15, 0.2) is 0 Å². The Labute approximate surface area is 117 Å². The van der Waals surface area contributed by atoms with Gasteiger partial charge in [0.2, 0.25) is 0 Å². The Hall–Kier alpha value is -1.05. The van der Waals surface area contributed by atoms with Crippen LogP contribution in [-0.4, -0.2) is 4.98 Å². The molecule has 0 saturated heterocycles. The largest absolute Gasteiger partial charge is 0.252 e. The van der Waals surface area contributed by atoms with Crippen molar-refractivity contribution in [2.75, 3.05) is 0 Å². The van der Waals surface area contributed by atoms with Crippen molar-refractivity contribution >= 4 is 34.1 Å². The van der Waals surface area contributed by atoms with Gasteiger partial charge in [-0.15, -0.1) is 0 Å². The van der Waals surface area contributed by atoms with Crippen LogP contribution in [0, 0.1) is 13.8 Å². The summed E-state index contributed by atoms with van der Waals surface area (Å²) in [6, 6.07) is 6.07. The zero-order chi connectivity index (χ0) is 13.3. The molecule has 2 aromatic rings. The number of aromatic nitrogens is 1. The molecule has 0 fully saturated rings. The van der Waals surface area contributed by atoms with Crippen molar-refractivity contribution in [1.29, 1.82) is 0 Å². The van der Waals surface area contributed by atoms with Gasteiger partial charge in [-0.2, -0.15) is 0 Å². The molecule has 0 amide bonds. The van der Waals surface area contributed by atoms with Gasteiger partial charge in [-0.25, -0.2) is 0 Å². The summed E-state index contributed by atoms with van der Waals surface area (Å²) in [5.74, 6) is 0. The average Bonchev–Trinajstić information content (AvgIpc) is 2.30. The van der Waals surface area contributed by atoms with Crippen molar-refractivity contribution in [3.8, 4) is 0 Å². The van der Waals surface area contributed by atoms with Gasteiger partial charge in [-0.1, -0.05) is 47.5 Å². The first-order valence-electron chi connectivity index (χ1n) is 5.87. The number of aryl methyl sites for hydroxylation is 2. The number of halogens is 2. The lowest BCUT2D eigenvalue weighted by molar-refractivity contribution is 1.13. The second-order valence-electron chi connectivity index (χ2n) is 4.46. The lowest BCUT2D eigenvalue weighted by Crippen LogP contribution is -1.96. The number of benzene rings is 1. The van der Waals surface area contributed by atoms with Gasteiger partial charge in [-0.3, -0.25) is 4.98 Å². The van der Waals surface area contributed by atoms with Gasteiger partial charge in [0.1, 0.15) is 0 Å². The summed E-state index contributed by atoms with van der Waals surface area (Å²) in [4.78, 5) is 4.66. The standard InChI is InChI=1S/C15H15Cl2N/c1-9-5-4-6-13-14(17)12(8-7-10(2)16)11(3)18-15(9)13/h4-7H,8H2,1-3H3/b10-7+. The Morgan fingerprint density at radius 3 is 2.72 bits per heavy atom. The average molecular weight is 280 g/mol. The van der Waals surface area contributed by atoms with E-state index in [2.05, 4.69) is 4.98 Å². The molecule has 0 radical (unpaired) electrons. The molecule has 0 bridgehead atoms. The molecular weight excluding hydrogens is 265 g/mol. The zero-order valence-electron chi connectivity index (χ0n) is 10.7. The second-order valence-corrected chi connectivity index (χ2v) is 5.43. The molecule has 1 heterocycles. The molecule has 1 aromatic heterocycles. The second kappa shape index (κ2) is 5.29. The van der Waals surface area contributed by atoms with Crippen LogP contribution in [0.5, 0.6) is 0 Å². The van der Waals surface area contributed by atoms with Gasteiger partial charge < -0.3 is 0 Å². The Balaban J connectivity index is 2.66. The summed E-state index contributed by atoms with van der Waals surface area (Å²) in [7, 11) is 0. The van der Waals surface area contributed by atoms with Crippen molar-refractivity contribution in [1.82, 2.24) is 4.98 Å². The number of allylic oxidation sites excluding steroid dienone is 2. The SMILES string of the molecule is C/C(Cl)=C\Cc1c(C)nc2c(C)cccc2c1Cl. The fourth-order valence-electron chi connectivity index (χ4n) is 2.02. The third-order valence-electron chi connectivity index (χ3n) is 3.04. The molecule has 0 unspecified atom stereocenters. The van der Waals surface area contributed by atoms with Crippen LogP contribution >= 0.6 is 23.2 Å². The van der Waals surface area contributed by atoms with E-state index in [1.54, 1.807) is 0 Å². The van der Waals surface area contributed by atoms with Gasteiger partial charge >= 0.3 is 0 Å². The highest BCUT2D eigenvalue weighted by Gasteiger charge is 2.11. The molecule has 1 aromatic carbocycles. The van der Waals surface area contributed by atoms with Crippen molar-refractivity contribution in [2.45, 2.75) is 27.2 Å². The molecule has 0 spiro atoms. The van der Waals surface area contributed by atoms with Crippen LogP contribution in [0.3, 0.4) is 0 Å². The molecule has 2 rings (SSSR count). The van der Waals surface area contributed by atoms with E-state index < -0.39 is 0 Å². The lowest BCUT2D eigenvalue weighted by atomic mass is 10.0. The number of pyridine rings is 1. The van der Waals surface area contributed by atoms with E-state index in [4.69, 9.17) is 23.2 Å². The molecule has 0 aliphatic rings. The highest BCUT2D eigenvalue weighted by Crippen LogP contribution is 2.30. The number of rotatable bonds is 2. The molecular formula is C15H15Cl2N. The number of hydrogen-bond acceptors (Lipinski definition) is 1. The van der Waals surface area contributed by atoms with E-state index in [9.17, 15) is 0 Å². The quantitative estimate of drug-likeness (QED) is 0.737. The molecule has 1 nitrogen and oxygen atoms in total. The van der Waals surface area contributed by atoms with E-state index in [1.165, 1.54) is 0 Å². The van der Waals surface area contributed by atoms with E-state index in [1.807, 2.05) is 45.0 Å². The van der Waals surface area contributed by atoms with Gasteiger partial charge in [0, 0.05) is 16.1 Å². The van der Waals surface area contributed by atoms with Crippen molar-refractivity contribution in [3.05, 3.63) is 51.2 Å². The summed E-state index contributed by atoms with van der Waals surface area (Å²) in [5, 5.41) is 2.57. The maximum absolute atomic E-state index is 6.49. The highest BCUT2D eigenvalue weighted by atomic mass is 35.5. The van der Waals surface area contributed by atoms with Crippen LogP contribution in [-0.2, 0) is 6.42 Å². The fraction of sp³-hybridized carbons (Fsp3) is 0.267. The fourth-order valence-corrected chi connectivity index (χ4v) is 2.46. The van der Waals surface area contributed by atoms with E-state index in [-0.39, 0.29) is 0 Å². The molecule has 3 heteroatoms. The number of nitrogens with zero attached hydrogens (tertiary/aromatic N) is 1. The zero-order valence-corrected chi connectivity index (χ0v) is 12.2. The normalized spacial score (nSPS) is 12.2. The monoisotopic (exact) mass is 279 g/mol. The molecule has 0 aliphatic carbocycles. The highest BCUT2D eigenvalue weighted by molar-refractivity contribution is 6.36. The first kappa shape index (κ1) is 13.4. The Morgan fingerprint density at radius 2 is 2.06 bits per heavy atom. The summed E-state index contributed by atoms with van der Waals surface area (Å²) >= 11 is 12.4. The summed E-state index contributed by atoms with van der Waals surface area (Å²) in [5.41, 5.74) is 4.15. The van der Waals surface area contributed by atoms with Gasteiger partial charge in [0.25, 0.3) is 0 Å². The van der Waals surface area contributed by atoms with Gasteiger partial charge in [-0.05, 0) is 38.3 Å². The van der Waals surface area contributed by atoms with Crippen LogP contribution in [0.15, 0.2) is 29.3 Å². The van der Waals surface area contributed by atoms with E-state index in [0.29, 0.717) is 0 Å². The minimum absolute atomic E-state index is 0.719. The van der Waals surface area contributed by atoms with Crippen LogP contribution in [0.2, 0.25) is 5.02 Å². The molecule has 0 saturated carbocycles. The van der Waals surface area contributed by atoms with Crippen LogP contribution in [0.25, 0.3) is 10.9 Å². The van der Waals surface area contributed by atoms with Crippen molar-refractivity contribution in [3.63, 3.8) is 0 Å². The Morgan fingerprint density at radius 1 is 1.33 bits per heavy atom. The third kappa shape index (κ3) is 2.52. The lowest BCUT2D eigenvalue weighted by Gasteiger charge is -2.11. The summed E-state index contributed by atoms with van der Waals surface area (Å²) in [6.45, 7) is 5.90. The van der Waals surface area contributed by atoms with Crippen LogP contribution in [0.4, 0.5) is 0 Å². The topological polar surface area (TPSA) is 12.9 Å². The summed E-state index contributed by atoms with van der Waals surface area (Å²) in [6.07, 6.45) is 2.68. The minimum Gasteiger partial charge on any atom is -0.252 e. The van der Waals surface area contributed by atoms with Crippen LogP contribution in [0.1, 0.15) is 23.7 Å². The van der Waals surface area contributed by atoms with Crippen molar-refractivity contribution in [2.24, 2.45) is 0 Å². The summed E-state index contributed by atoms with van der Waals surface area (Å²) < 4.78 is 0. The van der Waals surface area contributed by atoms with Gasteiger partial charge in [0.05, 0.1) is 10.5 Å². The molecule has 0 aliphatic heterocycles. The van der Waals surface area contributed by atoms with E-state index in [0.717, 1.165) is 44.2 Å². The van der Waals surface area contributed by atoms with Crippen molar-refractivity contribution < 1.29 is 0 Å². The predicted octanol–water partition coefficient (Wildman–Crippen LogP) is 5.19. The Kier molecular flexibility index (Phi) is 3.94. The van der Waals surface area contributed by atoms with Crippen LogP contribution < -0.4 is 0 Å². The van der Waals surface area contributed by atoms with E-state index >= 15 is 0 Å². The number of hydrogen-bond donors (Lipinski definition) is 0.